The van der Waals surface area contributed by atoms with Gasteiger partial charge in [0.2, 0.25) is 5.91 Å². The fourth-order valence-corrected chi connectivity index (χ4v) is 3.75. The summed E-state index contributed by atoms with van der Waals surface area (Å²) in [5.74, 6) is 1.65. The zero-order valence-corrected chi connectivity index (χ0v) is 13.1. The summed E-state index contributed by atoms with van der Waals surface area (Å²) in [6.07, 6.45) is 4.94. The van der Waals surface area contributed by atoms with Gasteiger partial charge < -0.3 is 9.32 Å². The summed E-state index contributed by atoms with van der Waals surface area (Å²) in [4.78, 5) is 18.8. The Hall–Kier alpha value is -1.62. The molecule has 21 heavy (non-hydrogen) atoms. The van der Waals surface area contributed by atoms with E-state index >= 15 is 0 Å². The number of aryl methyl sites for hydroxylation is 2. The molecule has 0 saturated carbocycles. The number of piperidine rings is 1. The van der Waals surface area contributed by atoms with Crippen molar-refractivity contribution in [2.75, 3.05) is 13.1 Å². The van der Waals surface area contributed by atoms with Gasteiger partial charge in [0.05, 0.1) is 11.3 Å². The van der Waals surface area contributed by atoms with Crippen LogP contribution in [0.1, 0.15) is 41.6 Å². The van der Waals surface area contributed by atoms with Crippen molar-refractivity contribution in [1.29, 1.82) is 0 Å². The number of amides is 1. The van der Waals surface area contributed by atoms with E-state index in [-0.39, 0.29) is 5.91 Å². The lowest BCUT2D eigenvalue weighted by Gasteiger charge is -2.31. The molecule has 3 heterocycles. The first-order chi connectivity index (χ1) is 10.2. The number of thiazole rings is 1. The summed E-state index contributed by atoms with van der Waals surface area (Å²) >= 11 is 1.75. The van der Waals surface area contributed by atoms with Crippen molar-refractivity contribution in [3.63, 3.8) is 0 Å². The van der Waals surface area contributed by atoms with Crippen LogP contribution in [0.25, 0.3) is 0 Å². The molecule has 5 heteroatoms. The molecule has 1 amide bonds. The molecular weight excluding hydrogens is 284 g/mol. The summed E-state index contributed by atoms with van der Waals surface area (Å²) < 4.78 is 5.27. The maximum Gasteiger partial charge on any atom is 0.223 e. The van der Waals surface area contributed by atoms with E-state index in [2.05, 4.69) is 10.4 Å². The molecule has 0 aromatic carbocycles. The summed E-state index contributed by atoms with van der Waals surface area (Å²) in [5, 5.41) is 3.34. The topological polar surface area (TPSA) is 46.3 Å². The molecule has 4 nitrogen and oxygen atoms in total. The largest absolute Gasteiger partial charge is 0.469 e. The van der Waals surface area contributed by atoms with Crippen molar-refractivity contribution >= 4 is 17.2 Å². The monoisotopic (exact) mass is 304 g/mol. The van der Waals surface area contributed by atoms with Gasteiger partial charge in [-0.1, -0.05) is 0 Å². The lowest BCUT2D eigenvalue weighted by Crippen LogP contribution is -2.38. The van der Waals surface area contributed by atoms with Gasteiger partial charge in [0, 0.05) is 42.9 Å². The number of aromatic nitrogens is 1. The van der Waals surface area contributed by atoms with E-state index in [1.807, 2.05) is 24.0 Å². The van der Waals surface area contributed by atoms with E-state index < -0.39 is 0 Å². The van der Waals surface area contributed by atoms with Crippen molar-refractivity contribution in [1.82, 2.24) is 9.88 Å². The highest BCUT2D eigenvalue weighted by Crippen LogP contribution is 2.30. The number of likely N-dealkylation sites (tertiary alicyclic amines) is 1. The number of nitrogens with zero attached hydrogens (tertiary/aromatic N) is 2. The fraction of sp³-hybridized carbons (Fsp3) is 0.500. The molecule has 1 saturated heterocycles. The van der Waals surface area contributed by atoms with Gasteiger partial charge in [-0.15, -0.1) is 11.3 Å². The van der Waals surface area contributed by atoms with Crippen LogP contribution in [-0.4, -0.2) is 28.9 Å². The van der Waals surface area contributed by atoms with E-state index in [1.165, 1.54) is 5.01 Å². The van der Waals surface area contributed by atoms with Gasteiger partial charge >= 0.3 is 0 Å². The number of rotatable bonds is 4. The van der Waals surface area contributed by atoms with E-state index in [4.69, 9.17) is 4.42 Å². The minimum Gasteiger partial charge on any atom is -0.469 e. The quantitative estimate of drug-likeness (QED) is 0.870. The summed E-state index contributed by atoms with van der Waals surface area (Å²) in [7, 11) is 0. The van der Waals surface area contributed by atoms with Gasteiger partial charge in [0.15, 0.2) is 0 Å². The first-order valence-corrected chi connectivity index (χ1v) is 8.32. The van der Waals surface area contributed by atoms with Crippen molar-refractivity contribution < 1.29 is 9.21 Å². The van der Waals surface area contributed by atoms with E-state index in [9.17, 15) is 4.79 Å². The molecule has 0 unspecified atom stereocenters. The Bertz CT molecular complexity index is 583. The van der Waals surface area contributed by atoms with Crippen molar-refractivity contribution in [3.05, 3.63) is 40.2 Å². The number of carbonyl (C=O) groups excluding carboxylic acids is 1. The predicted molar refractivity (Wildman–Crippen MR) is 82.4 cm³/mol. The van der Waals surface area contributed by atoms with Crippen LogP contribution < -0.4 is 0 Å². The zero-order valence-electron chi connectivity index (χ0n) is 12.2. The van der Waals surface area contributed by atoms with Crippen molar-refractivity contribution in [2.24, 2.45) is 0 Å². The standard InChI is InChI=1S/C16H20N2O2S/c1-12-11-21-16(17-12)13-6-8-18(9-7-13)15(19)5-4-14-3-2-10-20-14/h2-3,10-11,13H,4-9H2,1H3. The molecule has 1 fully saturated rings. The minimum atomic E-state index is 0.236. The molecule has 0 spiro atoms. The molecule has 0 radical (unpaired) electrons. The smallest absolute Gasteiger partial charge is 0.223 e. The highest BCUT2D eigenvalue weighted by molar-refractivity contribution is 7.09. The number of carbonyl (C=O) groups is 1. The molecule has 0 aliphatic carbocycles. The summed E-state index contributed by atoms with van der Waals surface area (Å²) in [6.45, 7) is 3.73. The molecule has 1 aliphatic heterocycles. The summed E-state index contributed by atoms with van der Waals surface area (Å²) in [6, 6.07) is 3.78. The Labute approximate surface area is 128 Å². The second kappa shape index (κ2) is 6.43. The third-order valence-electron chi connectivity index (χ3n) is 4.00. The Kier molecular flexibility index (Phi) is 4.39. The maximum absolute atomic E-state index is 12.2. The van der Waals surface area contributed by atoms with Crippen LogP contribution in [0.2, 0.25) is 0 Å². The molecule has 112 valence electrons. The van der Waals surface area contributed by atoms with Crippen LogP contribution in [0, 0.1) is 6.92 Å². The molecular formula is C16H20N2O2S. The highest BCUT2D eigenvalue weighted by Gasteiger charge is 2.25. The first kappa shape index (κ1) is 14.3. The van der Waals surface area contributed by atoms with Crippen LogP contribution in [0.5, 0.6) is 0 Å². The Morgan fingerprint density at radius 3 is 2.90 bits per heavy atom. The average molecular weight is 304 g/mol. The van der Waals surface area contributed by atoms with Crippen LogP contribution in [0.4, 0.5) is 0 Å². The van der Waals surface area contributed by atoms with Crippen LogP contribution in [0.15, 0.2) is 28.2 Å². The number of furan rings is 1. The molecule has 0 N–H and O–H groups in total. The predicted octanol–water partition coefficient (Wildman–Crippen LogP) is 3.38. The second-order valence-electron chi connectivity index (χ2n) is 5.56. The fourth-order valence-electron chi connectivity index (χ4n) is 2.78. The molecule has 1 aliphatic rings. The third-order valence-corrected chi connectivity index (χ3v) is 5.12. The van der Waals surface area contributed by atoms with E-state index in [0.29, 0.717) is 18.8 Å². The van der Waals surface area contributed by atoms with Gasteiger partial charge in [0.1, 0.15) is 5.76 Å². The number of hydrogen-bond donors (Lipinski definition) is 0. The SMILES string of the molecule is Cc1csc(C2CCN(C(=O)CCc3ccco3)CC2)n1. The lowest BCUT2D eigenvalue weighted by atomic mass is 9.97. The van der Waals surface area contributed by atoms with Gasteiger partial charge in [-0.3, -0.25) is 4.79 Å². The van der Waals surface area contributed by atoms with Gasteiger partial charge in [-0.2, -0.15) is 0 Å². The van der Waals surface area contributed by atoms with Crippen molar-refractivity contribution in [2.45, 2.75) is 38.5 Å². The van der Waals surface area contributed by atoms with Crippen LogP contribution in [0.3, 0.4) is 0 Å². The van der Waals surface area contributed by atoms with Gasteiger partial charge in [-0.25, -0.2) is 4.98 Å². The Balaban J connectivity index is 1.47. The molecule has 0 bridgehead atoms. The van der Waals surface area contributed by atoms with Crippen LogP contribution in [-0.2, 0) is 11.2 Å². The summed E-state index contributed by atoms with van der Waals surface area (Å²) in [5.41, 5.74) is 1.10. The number of hydrogen-bond acceptors (Lipinski definition) is 4. The molecule has 0 atom stereocenters. The highest BCUT2D eigenvalue weighted by atomic mass is 32.1. The lowest BCUT2D eigenvalue weighted by molar-refractivity contribution is -0.132. The first-order valence-electron chi connectivity index (χ1n) is 7.44. The molecule has 2 aromatic heterocycles. The van der Waals surface area contributed by atoms with Gasteiger partial charge in [0.25, 0.3) is 0 Å². The maximum atomic E-state index is 12.2. The van der Waals surface area contributed by atoms with Crippen molar-refractivity contribution in [3.8, 4) is 0 Å². The van der Waals surface area contributed by atoms with Gasteiger partial charge in [-0.05, 0) is 31.9 Å². The normalized spacial score (nSPS) is 16.3. The second-order valence-corrected chi connectivity index (χ2v) is 6.45. The Morgan fingerprint density at radius 1 is 1.48 bits per heavy atom. The van der Waals surface area contributed by atoms with E-state index in [1.54, 1.807) is 17.6 Å². The molecule has 2 aromatic rings. The van der Waals surface area contributed by atoms with Crippen LogP contribution >= 0.6 is 11.3 Å². The average Bonchev–Trinajstić information content (AvgIpc) is 3.16. The molecule has 3 rings (SSSR count). The Morgan fingerprint density at radius 2 is 2.29 bits per heavy atom. The van der Waals surface area contributed by atoms with E-state index in [0.717, 1.165) is 37.4 Å². The zero-order chi connectivity index (χ0) is 14.7. The minimum absolute atomic E-state index is 0.236. The third kappa shape index (κ3) is 3.53.